The standard InChI is InChI=1S/C25H25FN4OS/c1-3-17(2)28-24(31)20-9-7-18(8-10-20)16-32-25-29-22-11-12-27-14-23(22)30(25)15-19-5-4-6-21(26)13-19/h4-14,17H,3,15-16H2,1-2H3,(H,28,31). The predicted molar refractivity (Wildman–Crippen MR) is 126 cm³/mol. The number of amides is 1. The van der Waals surface area contributed by atoms with Gasteiger partial charge in [-0.05, 0) is 54.8 Å². The van der Waals surface area contributed by atoms with E-state index >= 15 is 0 Å². The number of pyridine rings is 1. The van der Waals surface area contributed by atoms with Gasteiger partial charge in [-0.3, -0.25) is 9.78 Å². The number of carbonyl (C=O) groups is 1. The lowest BCUT2D eigenvalue weighted by Gasteiger charge is -2.12. The van der Waals surface area contributed by atoms with Crippen molar-refractivity contribution in [1.29, 1.82) is 0 Å². The Morgan fingerprint density at radius 3 is 2.72 bits per heavy atom. The Hall–Kier alpha value is -3.19. The van der Waals surface area contributed by atoms with Crippen molar-refractivity contribution in [1.82, 2.24) is 19.9 Å². The monoisotopic (exact) mass is 448 g/mol. The van der Waals surface area contributed by atoms with E-state index in [4.69, 9.17) is 4.98 Å². The van der Waals surface area contributed by atoms with Crippen LogP contribution in [0.1, 0.15) is 41.8 Å². The van der Waals surface area contributed by atoms with E-state index in [1.54, 1.807) is 36.3 Å². The third kappa shape index (κ3) is 5.16. The molecule has 0 saturated heterocycles. The van der Waals surface area contributed by atoms with Crippen molar-refractivity contribution in [2.24, 2.45) is 0 Å². The molecule has 0 bridgehead atoms. The molecule has 4 rings (SSSR count). The lowest BCUT2D eigenvalue weighted by molar-refractivity contribution is 0.0939. The smallest absolute Gasteiger partial charge is 0.251 e. The molecule has 0 aliphatic rings. The van der Waals surface area contributed by atoms with Gasteiger partial charge in [0.2, 0.25) is 0 Å². The highest BCUT2D eigenvalue weighted by Gasteiger charge is 2.13. The summed E-state index contributed by atoms with van der Waals surface area (Å²) in [5.74, 6) is 0.396. The molecule has 0 aliphatic carbocycles. The fourth-order valence-corrected chi connectivity index (χ4v) is 4.31. The fraction of sp³-hybridized carbons (Fsp3) is 0.240. The van der Waals surface area contributed by atoms with Gasteiger partial charge < -0.3 is 9.88 Å². The molecule has 5 nitrogen and oxygen atoms in total. The number of hydrogen-bond donors (Lipinski definition) is 1. The maximum Gasteiger partial charge on any atom is 0.251 e. The van der Waals surface area contributed by atoms with E-state index in [-0.39, 0.29) is 17.8 Å². The molecule has 164 valence electrons. The fourth-order valence-electron chi connectivity index (χ4n) is 3.34. The van der Waals surface area contributed by atoms with Gasteiger partial charge in [-0.1, -0.05) is 43.0 Å². The number of hydrogen-bond acceptors (Lipinski definition) is 4. The molecule has 1 atom stereocenters. The maximum atomic E-state index is 13.7. The largest absolute Gasteiger partial charge is 0.350 e. The number of aromatic nitrogens is 3. The highest BCUT2D eigenvalue weighted by Crippen LogP contribution is 2.27. The maximum absolute atomic E-state index is 13.7. The molecule has 0 spiro atoms. The minimum absolute atomic E-state index is 0.0528. The van der Waals surface area contributed by atoms with Crippen LogP contribution in [0.4, 0.5) is 4.39 Å². The van der Waals surface area contributed by atoms with E-state index in [2.05, 4.69) is 14.9 Å². The number of fused-ring (bicyclic) bond motifs is 1. The summed E-state index contributed by atoms with van der Waals surface area (Å²) in [6.45, 7) is 4.55. The number of nitrogens with zero attached hydrogens (tertiary/aromatic N) is 3. The molecule has 4 aromatic rings. The minimum atomic E-state index is -0.253. The molecule has 2 aromatic carbocycles. The lowest BCUT2D eigenvalue weighted by atomic mass is 10.1. The molecule has 0 saturated carbocycles. The van der Waals surface area contributed by atoms with Gasteiger partial charge in [0.1, 0.15) is 5.82 Å². The average molecular weight is 449 g/mol. The molecular formula is C25H25FN4OS. The molecule has 0 aliphatic heterocycles. The molecule has 0 radical (unpaired) electrons. The van der Waals surface area contributed by atoms with Crippen LogP contribution in [-0.2, 0) is 12.3 Å². The highest BCUT2D eigenvalue weighted by molar-refractivity contribution is 7.98. The first-order chi connectivity index (χ1) is 15.5. The number of thioether (sulfide) groups is 1. The van der Waals surface area contributed by atoms with Gasteiger partial charge >= 0.3 is 0 Å². The van der Waals surface area contributed by atoms with E-state index in [9.17, 15) is 9.18 Å². The van der Waals surface area contributed by atoms with Crippen molar-refractivity contribution in [3.05, 3.63) is 89.5 Å². The second-order valence-electron chi connectivity index (χ2n) is 7.74. The third-order valence-corrected chi connectivity index (χ3v) is 6.37. The van der Waals surface area contributed by atoms with Crippen molar-refractivity contribution in [2.45, 2.75) is 43.8 Å². The van der Waals surface area contributed by atoms with E-state index < -0.39 is 0 Å². The lowest BCUT2D eigenvalue weighted by Crippen LogP contribution is -2.31. The summed E-state index contributed by atoms with van der Waals surface area (Å²) >= 11 is 1.61. The van der Waals surface area contributed by atoms with Crippen molar-refractivity contribution in [3.63, 3.8) is 0 Å². The van der Waals surface area contributed by atoms with E-state index in [1.807, 2.05) is 50.2 Å². The van der Waals surface area contributed by atoms with Gasteiger partial charge in [-0.15, -0.1) is 0 Å². The topological polar surface area (TPSA) is 59.8 Å². The first-order valence-corrected chi connectivity index (χ1v) is 11.6. The van der Waals surface area contributed by atoms with Crippen LogP contribution in [0, 0.1) is 5.82 Å². The number of halogens is 1. The third-order valence-electron chi connectivity index (χ3n) is 5.32. The zero-order valence-electron chi connectivity index (χ0n) is 18.1. The van der Waals surface area contributed by atoms with Crippen LogP contribution >= 0.6 is 11.8 Å². The predicted octanol–water partition coefficient (Wildman–Crippen LogP) is 5.44. The highest BCUT2D eigenvalue weighted by atomic mass is 32.2. The number of carbonyl (C=O) groups excluding carboxylic acids is 1. The van der Waals surface area contributed by atoms with E-state index in [0.717, 1.165) is 33.7 Å². The number of nitrogens with one attached hydrogen (secondary N) is 1. The SMILES string of the molecule is CCC(C)NC(=O)c1ccc(CSc2nc3ccncc3n2Cc2cccc(F)c2)cc1. The van der Waals surface area contributed by atoms with Crippen molar-refractivity contribution >= 4 is 28.7 Å². The molecule has 32 heavy (non-hydrogen) atoms. The van der Waals surface area contributed by atoms with Crippen molar-refractivity contribution in [3.8, 4) is 0 Å². The molecule has 1 N–H and O–H groups in total. The Morgan fingerprint density at radius 2 is 1.97 bits per heavy atom. The van der Waals surface area contributed by atoms with Crippen molar-refractivity contribution < 1.29 is 9.18 Å². The van der Waals surface area contributed by atoms with Crippen LogP contribution in [0.3, 0.4) is 0 Å². The van der Waals surface area contributed by atoms with Gasteiger partial charge in [0.05, 0.1) is 23.8 Å². The summed E-state index contributed by atoms with van der Waals surface area (Å²) in [4.78, 5) is 21.3. The van der Waals surface area contributed by atoms with E-state index in [1.165, 1.54) is 6.07 Å². The quantitative estimate of drug-likeness (QED) is 0.365. The van der Waals surface area contributed by atoms with Crippen LogP contribution in [0.2, 0.25) is 0 Å². The van der Waals surface area contributed by atoms with E-state index in [0.29, 0.717) is 17.9 Å². The first-order valence-electron chi connectivity index (χ1n) is 10.6. The van der Waals surface area contributed by atoms with Gasteiger partial charge in [-0.25, -0.2) is 9.37 Å². The Balaban J connectivity index is 1.51. The van der Waals surface area contributed by atoms with Gasteiger partial charge in [0.25, 0.3) is 5.91 Å². The molecular weight excluding hydrogens is 423 g/mol. The second-order valence-corrected chi connectivity index (χ2v) is 8.69. The summed E-state index contributed by atoms with van der Waals surface area (Å²) in [7, 11) is 0. The van der Waals surface area contributed by atoms with Gasteiger partial charge in [0.15, 0.2) is 5.16 Å². The molecule has 7 heteroatoms. The number of rotatable bonds is 8. The molecule has 1 amide bonds. The molecule has 2 heterocycles. The Kier molecular flexibility index (Phi) is 6.85. The minimum Gasteiger partial charge on any atom is -0.350 e. The second kappa shape index (κ2) is 9.96. The van der Waals surface area contributed by atoms with Crippen LogP contribution in [0.15, 0.2) is 72.1 Å². The van der Waals surface area contributed by atoms with Crippen LogP contribution in [-0.4, -0.2) is 26.5 Å². The zero-order chi connectivity index (χ0) is 22.5. The Bertz CT molecular complexity index is 1220. The zero-order valence-corrected chi connectivity index (χ0v) is 18.9. The number of benzene rings is 2. The van der Waals surface area contributed by atoms with Crippen LogP contribution in [0.5, 0.6) is 0 Å². The Labute approximate surface area is 191 Å². The molecule has 0 fully saturated rings. The molecule has 2 aromatic heterocycles. The van der Waals surface area contributed by atoms with Crippen LogP contribution < -0.4 is 5.32 Å². The first kappa shape index (κ1) is 22.0. The normalized spacial score (nSPS) is 12.1. The summed E-state index contributed by atoms with van der Waals surface area (Å²) in [5.41, 5.74) is 4.39. The van der Waals surface area contributed by atoms with Gasteiger partial charge in [0, 0.05) is 23.6 Å². The van der Waals surface area contributed by atoms with Gasteiger partial charge in [-0.2, -0.15) is 0 Å². The number of imidazole rings is 1. The average Bonchev–Trinajstić information content (AvgIpc) is 3.15. The molecule has 1 unspecified atom stereocenters. The summed E-state index contributed by atoms with van der Waals surface area (Å²) < 4.78 is 15.8. The summed E-state index contributed by atoms with van der Waals surface area (Å²) in [6.07, 6.45) is 4.41. The van der Waals surface area contributed by atoms with Crippen LogP contribution in [0.25, 0.3) is 11.0 Å². The van der Waals surface area contributed by atoms with Crippen molar-refractivity contribution in [2.75, 3.05) is 0 Å². The Morgan fingerprint density at radius 1 is 1.16 bits per heavy atom. The summed E-state index contributed by atoms with van der Waals surface area (Å²) in [5, 5.41) is 3.83. The summed E-state index contributed by atoms with van der Waals surface area (Å²) in [6, 6.07) is 16.3.